The molecule has 10 nitrogen and oxygen atoms in total. The lowest BCUT2D eigenvalue weighted by atomic mass is 10.1. The lowest BCUT2D eigenvalue weighted by Gasteiger charge is -2.24. The largest absolute Gasteiger partial charge is 0.497 e. The molecule has 0 aliphatic heterocycles. The molecule has 0 aliphatic rings. The number of methoxy groups -OCH3 is 4. The zero-order valence-electron chi connectivity index (χ0n) is 25.7. The Labute approximate surface area is 261 Å². The Kier molecular flexibility index (Phi) is 8.13. The maximum atomic E-state index is 14.1. The highest BCUT2D eigenvalue weighted by atomic mass is 32.2. The molecule has 0 amide bonds. The molecule has 0 saturated carbocycles. The van der Waals surface area contributed by atoms with Gasteiger partial charge in [0, 0.05) is 72.3 Å². The summed E-state index contributed by atoms with van der Waals surface area (Å²) < 4.78 is 53.8. The average molecular weight is 627 g/mol. The number of benzene rings is 3. The molecule has 45 heavy (non-hydrogen) atoms. The standard InChI is InChI=1S/C34H34N4O6S/c1-37-21-28(27-17-32(43-4)33(44-5)18-30(27)37)29-16-26-22(13-14-35-34(26)36-29)19-38(45(39,40)25-9-7-6-8-10-25)20-23-11-12-24(41-2)15-31(23)42-3/h6-18,21H,19-20H2,1-5H3,(H,35,36). The molecule has 11 heteroatoms. The van der Waals surface area contributed by atoms with Crippen molar-refractivity contribution in [2.75, 3.05) is 28.4 Å². The zero-order valence-corrected chi connectivity index (χ0v) is 26.5. The van der Waals surface area contributed by atoms with Gasteiger partial charge in [-0.15, -0.1) is 0 Å². The molecular weight excluding hydrogens is 592 g/mol. The van der Waals surface area contributed by atoms with E-state index in [1.807, 2.05) is 48.1 Å². The number of aromatic amines is 1. The van der Waals surface area contributed by atoms with Gasteiger partial charge >= 0.3 is 0 Å². The van der Waals surface area contributed by atoms with Crippen molar-refractivity contribution < 1.29 is 27.4 Å². The Bertz CT molecular complexity index is 2100. The number of hydrogen-bond acceptors (Lipinski definition) is 7. The van der Waals surface area contributed by atoms with E-state index in [-0.39, 0.29) is 18.0 Å². The molecule has 0 bridgehead atoms. The maximum Gasteiger partial charge on any atom is 0.243 e. The SMILES string of the molecule is COc1ccc(CN(Cc2ccnc3[nH]c(-c4cn(C)c5cc(OC)c(OC)cc45)cc23)S(=O)(=O)c2ccccc2)c(OC)c1. The molecular formula is C34H34N4O6S. The first-order valence-electron chi connectivity index (χ1n) is 14.2. The molecule has 0 saturated heterocycles. The van der Waals surface area contributed by atoms with Crippen molar-refractivity contribution in [2.24, 2.45) is 7.05 Å². The number of hydrogen-bond donors (Lipinski definition) is 1. The van der Waals surface area contributed by atoms with Crippen LogP contribution in [0.3, 0.4) is 0 Å². The summed E-state index contributed by atoms with van der Waals surface area (Å²) in [7, 11) is 4.43. The highest BCUT2D eigenvalue weighted by Crippen LogP contribution is 2.39. The summed E-state index contributed by atoms with van der Waals surface area (Å²) in [5.74, 6) is 2.43. The summed E-state index contributed by atoms with van der Waals surface area (Å²) >= 11 is 0. The number of nitrogens with one attached hydrogen (secondary N) is 1. The van der Waals surface area contributed by atoms with Crippen LogP contribution in [0, 0.1) is 0 Å². The van der Waals surface area contributed by atoms with Crippen molar-refractivity contribution in [3.63, 3.8) is 0 Å². The first-order valence-corrected chi connectivity index (χ1v) is 15.7. The minimum atomic E-state index is -3.91. The van der Waals surface area contributed by atoms with Crippen LogP contribution >= 0.6 is 0 Å². The number of nitrogens with zero attached hydrogens (tertiary/aromatic N) is 3. The molecule has 3 heterocycles. The van der Waals surface area contributed by atoms with Crippen LogP contribution in [0.1, 0.15) is 11.1 Å². The quantitative estimate of drug-likeness (QED) is 0.184. The van der Waals surface area contributed by atoms with Gasteiger partial charge in [-0.05, 0) is 42.0 Å². The van der Waals surface area contributed by atoms with Gasteiger partial charge < -0.3 is 28.5 Å². The van der Waals surface area contributed by atoms with Crippen LogP contribution in [0.2, 0.25) is 0 Å². The fourth-order valence-electron chi connectivity index (χ4n) is 5.62. The molecule has 0 unspecified atom stereocenters. The molecule has 3 aromatic carbocycles. The predicted molar refractivity (Wildman–Crippen MR) is 174 cm³/mol. The number of fused-ring (bicyclic) bond motifs is 2. The van der Waals surface area contributed by atoms with Gasteiger partial charge in [0.25, 0.3) is 0 Å². The zero-order chi connectivity index (χ0) is 31.7. The van der Waals surface area contributed by atoms with Crippen molar-refractivity contribution in [1.29, 1.82) is 0 Å². The molecule has 3 aromatic heterocycles. The van der Waals surface area contributed by atoms with E-state index in [4.69, 9.17) is 18.9 Å². The van der Waals surface area contributed by atoms with Crippen LogP contribution in [-0.4, -0.2) is 55.7 Å². The lowest BCUT2D eigenvalue weighted by molar-refractivity contribution is 0.355. The van der Waals surface area contributed by atoms with Gasteiger partial charge in [0.2, 0.25) is 10.0 Å². The number of sulfonamides is 1. The van der Waals surface area contributed by atoms with Crippen molar-refractivity contribution in [2.45, 2.75) is 18.0 Å². The average Bonchev–Trinajstić information content (AvgIpc) is 3.65. The van der Waals surface area contributed by atoms with Crippen LogP contribution in [0.25, 0.3) is 33.2 Å². The van der Waals surface area contributed by atoms with Crippen molar-refractivity contribution in [3.05, 3.63) is 96.3 Å². The highest BCUT2D eigenvalue weighted by Gasteiger charge is 2.27. The number of aromatic nitrogens is 3. The van der Waals surface area contributed by atoms with Crippen molar-refractivity contribution in [3.8, 4) is 34.3 Å². The lowest BCUT2D eigenvalue weighted by Crippen LogP contribution is -2.30. The second-order valence-electron chi connectivity index (χ2n) is 10.6. The summed E-state index contributed by atoms with van der Waals surface area (Å²) in [4.78, 5) is 8.24. The number of pyridine rings is 1. The van der Waals surface area contributed by atoms with Gasteiger partial charge in [-0.25, -0.2) is 13.4 Å². The van der Waals surface area contributed by atoms with Crippen LogP contribution < -0.4 is 18.9 Å². The summed E-state index contributed by atoms with van der Waals surface area (Å²) in [5.41, 5.74) is 4.93. The second kappa shape index (κ2) is 12.2. The van der Waals surface area contributed by atoms with Crippen LogP contribution in [0.4, 0.5) is 0 Å². The molecule has 6 rings (SSSR count). The van der Waals surface area contributed by atoms with Crippen LogP contribution in [0.5, 0.6) is 23.0 Å². The Morgan fingerprint density at radius 3 is 2.20 bits per heavy atom. The highest BCUT2D eigenvalue weighted by molar-refractivity contribution is 7.89. The molecule has 1 N–H and O–H groups in total. The van der Waals surface area contributed by atoms with Crippen LogP contribution in [-0.2, 0) is 30.2 Å². The Morgan fingerprint density at radius 2 is 1.49 bits per heavy atom. The number of H-pyrrole nitrogens is 1. The summed E-state index contributed by atoms with van der Waals surface area (Å²) in [5, 5.41) is 1.79. The third-order valence-electron chi connectivity index (χ3n) is 7.98. The topological polar surface area (TPSA) is 108 Å². The third-order valence-corrected chi connectivity index (χ3v) is 9.78. The third kappa shape index (κ3) is 5.56. The van der Waals surface area contributed by atoms with Gasteiger partial charge in [-0.2, -0.15) is 4.31 Å². The van der Waals surface area contributed by atoms with E-state index in [1.54, 1.807) is 77.1 Å². The predicted octanol–water partition coefficient (Wildman–Crippen LogP) is 6.15. The van der Waals surface area contributed by atoms with E-state index < -0.39 is 10.0 Å². The monoisotopic (exact) mass is 626 g/mol. The van der Waals surface area contributed by atoms with E-state index in [0.29, 0.717) is 34.2 Å². The first kappa shape index (κ1) is 30.0. The Hall–Kier alpha value is -5.00. The fraction of sp³-hybridized carbons (Fsp3) is 0.206. The summed E-state index contributed by atoms with van der Waals surface area (Å²) in [6.07, 6.45) is 3.73. The van der Waals surface area contributed by atoms with E-state index in [1.165, 1.54) is 4.31 Å². The van der Waals surface area contributed by atoms with Crippen molar-refractivity contribution >= 4 is 32.0 Å². The van der Waals surface area contributed by atoms with E-state index in [0.717, 1.165) is 33.1 Å². The normalized spacial score (nSPS) is 11.8. The summed E-state index contributed by atoms with van der Waals surface area (Å²) in [6.45, 7) is 0.180. The van der Waals surface area contributed by atoms with Crippen LogP contribution in [0.15, 0.2) is 90.1 Å². The molecule has 6 aromatic rings. The Balaban J connectivity index is 1.44. The van der Waals surface area contributed by atoms with Gasteiger partial charge in [0.05, 0.1) is 38.9 Å². The molecule has 0 atom stereocenters. The molecule has 232 valence electrons. The van der Waals surface area contributed by atoms with E-state index >= 15 is 0 Å². The van der Waals surface area contributed by atoms with Gasteiger partial charge in [-0.3, -0.25) is 0 Å². The minimum absolute atomic E-state index is 0.0798. The van der Waals surface area contributed by atoms with Crippen molar-refractivity contribution in [1.82, 2.24) is 18.8 Å². The number of aryl methyl sites for hydroxylation is 1. The molecule has 0 fully saturated rings. The smallest absolute Gasteiger partial charge is 0.243 e. The van der Waals surface area contributed by atoms with Gasteiger partial charge in [0.1, 0.15) is 17.1 Å². The minimum Gasteiger partial charge on any atom is -0.497 e. The number of rotatable bonds is 11. The summed E-state index contributed by atoms with van der Waals surface area (Å²) in [6, 6.07) is 21.6. The molecule has 0 spiro atoms. The van der Waals surface area contributed by atoms with Gasteiger partial charge in [-0.1, -0.05) is 24.3 Å². The first-order chi connectivity index (χ1) is 21.8. The Morgan fingerprint density at radius 1 is 0.778 bits per heavy atom. The van der Waals surface area contributed by atoms with Gasteiger partial charge in [0.15, 0.2) is 11.5 Å². The van der Waals surface area contributed by atoms with E-state index in [2.05, 4.69) is 9.97 Å². The molecule has 0 aliphatic carbocycles. The van der Waals surface area contributed by atoms with E-state index in [9.17, 15) is 8.42 Å². The fourth-order valence-corrected chi connectivity index (χ4v) is 7.04. The maximum absolute atomic E-state index is 14.1. The number of ether oxygens (including phenoxy) is 4. The second-order valence-corrected chi connectivity index (χ2v) is 12.5. The molecule has 0 radical (unpaired) electrons.